The van der Waals surface area contributed by atoms with Crippen LogP contribution in [0.4, 0.5) is 4.39 Å². The number of likely N-dealkylation sites (N-methyl/N-ethyl adjacent to an activating group) is 1. The molecule has 4 N–H and O–H groups in total. The Morgan fingerprint density at radius 2 is 2.00 bits per heavy atom. The number of piperidine rings is 1. The van der Waals surface area contributed by atoms with Gasteiger partial charge in [-0.25, -0.2) is 14.7 Å². The molecular formula is C27H36FN9O3. The third-order valence-electron chi connectivity index (χ3n) is 7.48. The van der Waals surface area contributed by atoms with Crippen molar-refractivity contribution < 1.29 is 18.7 Å². The van der Waals surface area contributed by atoms with E-state index in [9.17, 15) is 14.9 Å². The number of fused-ring (bicyclic) bond motifs is 1. The van der Waals surface area contributed by atoms with Crippen LogP contribution in [0.2, 0.25) is 0 Å². The van der Waals surface area contributed by atoms with Gasteiger partial charge in [0.05, 0.1) is 25.0 Å². The summed E-state index contributed by atoms with van der Waals surface area (Å²) in [6, 6.07) is 3.80. The molecule has 4 rings (SSSR count). The lowest BCUT2D eigenvalue weighted by atomic mass is 9.92. The van der Waals surface area contributed by atoms with Crippen molar-refractivity contribution in [2.24, 2.45) is 11.6 Å². The number of allylic oxidation sites excluding steroid dienone is 1. The minimum Gasteiger partial charge on any atom is -0.490 e. The van der Waals surface area contributed by atoms with E-state index < -0.39 is 11.6 Å². The number of amides is 2. The number of halogens is 1. The molecule has 2 amide bonds. The van der Waals surface area contributed by atoms with Crippen LogP contribution in [0.5, 0.6) is 5.75 Å². The molecule has 214 valence electrons. The van der Waals surface area contributed by atoms with Crippen LogP contribution in [0.15, 0.2) is 36.8 Å². The van der Waals surface area contributed by atoms with E-state index in [0.717, 1.165) is 6.08 Å². The number of nitrogens with zero attached hydrogens (tertiary/aromatic N) is 7. The van der Waals surface area contributed by atoms with E-state index in [1.807, 2.05) is 25.9 Å². The molecule has 0 atom stereocenters. The molecule has 2 saturated heterocycles. The average Bonchev–Trinajstić information content (AvgIpc) is 3.36. The highest BCUT2D eigenvalue weighted by atomic mass is 19.1. The molecule has 2 aromatic rings. The minimum atomic E-state index is -2.06. The SMILES string of the molecule is C=CC(=O)N1CC(F)(C(=O)N2CCC(N(N)/C(C)=C(\N)c3cc(OCCN(C)C)c4c(C#N)cnn4c3)CC2)C1. The van der Waals surface area contributed by atoms with Crippen LogP contribution < -0.4 is 16.3 Å². The first-order valence-corrected chi connectivity index (χ1v) is 13.1. The zero-order valence-electron chi connectivity index (χ0n) is 23.1. The van der Waals surface area contributed by atoms with Gasteiger partial charge in [-0.1, -0.05) is 6.58 Å². The quantitative estimate of drug-likeness (QED) is 0.260. The van der Waals surface area contributed by atoms with Crippen LogP contribution in [-0.4, -0.2) is 106 Å². The molecule has 2 aromatic heterocycles. The minimum absolute atomic E-state index is 0.118. The van der Waals surface area contributed by atoms with Gasteiger partial charge in [-0.2, -0.15) is 10.4 Å². The zero-order valence-corrected chi connectivity index (χ0v) is 23.1. The number of aromatic nitrogens is 2. The lowest BCUT2D eigenvalue weighted by Crippen LogP contribution is -2.68. The van der Waals surface area contributed by atoms with E-state index in [1.54, 1.807) is 21.8 Å². The van der Waals surface area contributed by atoms with E-state index in [1.165, 1.54) is 16.0 Å². The van der Waals surface area contributed by atoms with Gasteiger partial charge < -0.3 is 30.2 Å². The Morgan fingerprint density at radius 3 is 2.60 bits per heavy atom. The summed E-state index contributed by atoms with van der Waals surface area (Å²) in [5.74, 6) is 6.00. The molecule has 0 radical (unpaired) electrons. The van der Waals surface area contributed by atoms with Crippen molar-refractivity contribution in [3.05, 3.63) is 47.9 Å². The van der Waals surface area contributed by atoms with E-state index in [4.69, 9.17) is 16.3 Å². The number of likely N-dealkylation sites (tertiary alicyclic amines) is 2. The second kappa shape index (κ2) is 11.5. The van der Waals surface area contributed by atoms with Crippen molar-refractivity contribution in [3.63, 3.8) is 0 Å². The molecule has 2 aliphatic heterocycles. The van der Waals surface area contributed by atoms with Crippen molar-refractivity contribution in [1.29, 1.82) is 5.26 Å². The van der Waals surface area contributed by atoms with Gasteiger partial charge in [-0.3, -0.25) is 9.59 Å². The number of alkyl halides is 1. The topological polar surface area (TPSA) is 149 Å². The molecule has 2 fully saturated rings. The third kappa shape index (κ3) is 5.59. The van der Waals surface area contributed by atoms with E-state index >= 15 is 4.39 Å². The lowest BCUT2D eigenvalue weighted by Gasteiger charge is -2.46. The highest BCUT2D eigenvalue weighted by Gasteiger charge is 2.53. The lowest BCUT2D eigenvalue weighted by molar-refractivity contribution is -0.162. The zero-order chi connectivity index (χ0) is 29.2. The van der Waals surface area contributed by atoms with Gasteiger partial charge in [0.1, 0.15) is 29.5 Å². The van der Waals surface area contributed by atoms with Crippen LogP contribution in [0, 0.1) is 11.3 Å². The number of hydrogen-bond donors (Lipinski definition) is 2. The number of carbonyl (C=O) groups is 2. The first-order chi connectivity index (χ1) is 19.0. The molecule has 0 bridgehead atoms. The molecule has 2 aliphatic rings. The smallest absolute Gasteiger partial charge is 0.264 e. The Morgan fingerprint density at radius 1 is 1.32 bits per heavy atom. The molecule has 0 spiro atoms. The van der Waals surface area contributed by atoms with Crippen LogP contribution >= 0.6 is 0 Å². The first-order valence-electron chi connectivity index (χ1n) is 13.1. The maximum absolute atomic E-state index is 15.1. The number of hydrazine groups is 1. The maximum atomic E-state index is 15.1. The number of nitriles is 1. The normalized spacial score (nSPS) is 17.7. The molecule has 0 aromatic carbocycles. The predicted molar refractivity (Wildman–Crippen MR) is 147 cm³/mol. The number of nitrogens with two attached hydrogens (primary N) is 2. The van der Waals surface area contributed by atoms with E-state index in [-0.39, 0.29) is 25.0 Å². The van der Waals surface area contributed by atoms with Crippen molar-refractivity contribution in [3.8, 4) is 11.8 Å². The summed E-state index contributed by atoms with van der Waals surface area (Å²) in [6.45, 7) is 6.47. The molecule has 0 saturated carbocycles. The molecule has 12 nitrogen and oxygen atoms in total. The Bertz CT molecular complexity index is 1370. The Hall–Kier alpha value is -4.15. The van der Waals surface area contributed by atoms with E-state index in [0.29, 0.717) is 72.9 Å². The number of ether oxygens (including phenoxy) is 1. The first kappa shape index (κ1) is 28.8. The molecule has 4 heterocycles. The van der Waals surface area contributed by atoms with Crippen LogP contribution in [0.25, 0.3) is 11.2 Å². The number of hydrogen-bond acceptors (Lipinski definition) is 9. The highest BCUT2D eigenvalue weighted by molar-refractivity contribution is 5.93. The summed E-state index contributed by atoms with van der Waals surface area (Å²) < 4.78 is 22.7. The maximum Gasteiger partial charge on any atom is 0.264 e. The number of rotatable bonds is 9. The van der Waals surface area contributed by atoms with Gasteiger partial charge in [0.15, 0.2) is 0 Å². The van der Waals surface area contributed by atoms with Gasteiger partial charge >= 0.3 is 0 Å². The fourth-order valence-electron chi connectivity index (χ4n) is 4.99. The van der Waals surface area contributed by atoms with Crippen LogP contribution in [-0.2, 0) is 9.59 Å². The Balaban J connectivity index is 1.45. The number of carbonyl (C=O) groups excluding carboxylic acids is 2. The largest absolute Gasteiger partial charge is 0.490 e. The monoisotopic (exact) mass is 553 g/mol. The van der Waals surface area contributed by atoms with Gasteiger partial charge in [0, 0.05) is 43.1 Å². The summed E-state index contributed by atoms with van der Waals surface area (Å²) in [7, 11) is 3.89. The second-order valence-electron chi connectivity index (χ2n) is 10.5. The fourth-order valence-corrected chi connectivity index (χ4v) is 4.99. The van der Waals surface area contributed by atoms with Crippen molar-refractivity contribution in [2.75, 3.05) is 53.4 Å². The van der Waals surface area contributed by atoms with E-state index in [2.05, 4.69) is 17.7 Å². The average molecular weight is 554 g/mol. The van der Waals surface area contributed by atoms with Gasteiger partial charge in [-0.05, 0) is 46.0 Å². The Kier molecular flexibility index (Phi) is 8.32. The summed E-state index contributed by atoms with van der Waals surface area (Å²) in [5.41, 5.74) is 7.12. The summed E-state index contributed by atoms with van der Waals surface area (Å²) >= 11 is 0. The molecule has 0 unspecified atom stereocenters. The van der Waals surface area contributed by atoms with Gasteiger partial charge in [0.2, 0.25) is 11.6 Å². The van der Waals surface area contributed by atoms with Crippen LogP contribution in [0.3, 0.4) is 0 Å². The Labute approximate surface area is 232 Å². The third-order valence-corrected chi connectivity index (χ3v) is 7.48. The van der Waals surface area contributed by atoms with Crippen LogP contribution in [0.1, 0.15) is 30.9 Å². The molecule has 40 heavy (non-hydrogen) atoms. The predicted octanol–water partition coefficient (Wildman–Crippen LogP) is 0.697. The number of pyridine rings is 1. The summed E-state index contributed by atoms with van der Waals surface area (Å²) in [5, 5.41) is 15.4. The highest BCUT2D eigenvalue weighted by Crippen LogP contribution is 2.31. The summed E-state index contributed by atoms with van der Waals surface area (Å²) in [6.07, 6.45) is 5.38. The molecule has 13 heteroatoms. The van der Waals surface area contributed by atoms with Crippen molar-refractivity contribution in [2.45, 2.75) is 31.5 Å². The van der Waals surface area contributed by atoms with Crippen molar-refractivity contribution >= 4 is 23.0 Å². The summed E-state index contributed by atoms with van der Waals surface area (Å²) in [4.78, 5) is 29.2. The molecular weight excluding hydrogens is 517 g/mol. The standard InChI is InChI=1S/C27H36FN9O3/c1-5-23(38)35-16-27(28,17-35)26(39)34-8-6-21(7-9-34)37(31)18(2)24(30)19-12-22(40-11-10-33(3)4)25-20(13-29)14-32-36(25)15-19/h5,12,14-15,21H,1,6-11,16-17,30-31H2,2-4H3/b24-18-. The fraction of sp³-hybridized carbons (Fsp3) is 0.481. The molecule has 0 aliphatic carbocycles. The van der Waals surface area contributed by atoms with Gasteiger partial charge in [0.25, 0.3) is 5.91 Å². The second-order valence-corrected chi connectivity index (χ2v) is 10.5. The van der Waals surface area contributed by atoms with Crippen molar-refractivity contribution in [1.82, 2.24) is 29.3 Å². The van der Waals surface area contributed by atoms with Gasteiger partial charge in [-0.15, -0.1) is 0 Å².